The van der Waals surface area contributed by atoms with Crippen molar-refractivity contribution >= 4 is 44.7 Å². The van der Waals surface area contributed by atoms with Gasteiger partial charge in [-0.25, -0.2) is 17.6 Å². The van der Waals surface area contributed by atoms with Gasteiger partial charge in [0.05, 0.1) is 16.3 Å². The predicted octanol–water partition coefficient (Wildman–Crippen LogP) is 4.30. The largest absolute Gasteiger partial charge is 0.478 e. The average molecular weight is 490 g/mol. The highest BCUT2D eigenvalue weighted by molar-refractivity contribution is 7.92. The highest BCUT2D eigenvalue weighted by Gasteiger charge is 2.24. The zero-order chi connectivity index (χ0) is 23.6. The number of nitrogens with one attached hydrogen (secondary N) is 1. The van der Waals surface area contributed by atoms with Gasteiger partial charge in [0, 0.05) is 37.6 Å². The van der Waals surface area contributed by atoms with Gasteiger partial charge in [-0.05, 0) is 48.5 Å². The minimum Gasteiger partial charge on any atom is -0.478 e. The summed E-state index contributed by atoms with van der Waals surface area (Å²) in [4.78, 5) is 15.9. The third kappa shape index (κ3) is 5.04. The van der Waals surface area contributed by atoms with Crippen molar-refractivity contribution < 1.29 is 22.7 Å². The molecule has 10 heteroatoms. The van der Waals surface area contributed by atoms with Gasteiger partial charge >= 0.3 is 5.97 Å². The molecule has 0 saturated carbocycles. The third-order valence-electron chi connectivity index (χ3n) is 5.43. The number of sulfonamides is 1. The number of para-hydroxylation sites is 1. The molecule has 3 aromatic carbocycles. The quantitative estimate of drug-likeness (QED) is 0.536. The average Bonchev–Trinajstić information content (AvgIpc) is 2.79. The molecule has 0 aromatic heterocycles. The van der Waals surface area contributed by atoms with Gasteiger partial charge in [0.15, 0.2) is 0 Å². The molecule has 1 aliphatic rings. The summed E-state index contributed by atoms with van der Waals surface area (Å²) in [5, 5.41) is 9.40. The summed E-state index contributed by atoms with van der Waals surface area (Å²) in [6.45, 7) is 2.90. The zero-order valence-corrected chi connectivity index (χ0v) is 19.0. The first-order valence-electron chi connectivity index (χ1n) is 10.1. The van der Waals surface area contributed by atoms with E-state index in [1.807, 2.05) is 30.3 Å². The topological polar surface area (TPSA) is 89.9 Å². The highest BCUT2D eigenvalue weighted by Crippen LogP contribution is 2.29. The molecule has 0 atom stereocenters. The Morgan fingerprint density at radius 3 is 2.15 bits per heavy atom. The van der Waals surface area contributed by atoms with E-state index in [9.17, 15) is 22.7 Å². The van der Waals surface area contributed by atoms with Gasteiger partial charge in [-0.15, -0.1) is 0 Å². The molecule has 2 N–H and O–H groups in total. The van der Waals surface area contributed by atoms with Crippen molar-refractivity contribution in [3.8, 4) is 0 Å². The van der Waals surface area contributed by atoms with Crippen molar-refractivity contribution in [2.45, 2.75) is 4.90 Å². The number of carboxylic acid groups (broad SMARTS) is 1. The van der Waals surface area contributed by atoms with Crippen LogP contribution in [0.3, 0.4) is 0 Å². The van der Waals surface area contributed by atoms with Crippen molar-refractivity contribution in [2.75, 3.05) is 40.7 Å². The van der Waals surface area contributed by atoms with Gasteiger partial charge < -0.3 is 14.9 Å². The van der Waals surface area contributed by atoms with E-state index >= 15 is 0 Å². The minimum absolute atomic E-state index is 0.102. The fraction of sp³-hybridized carbons (Fsp3) is 0.174. The second-order valence-electron chi connectivity index (χ2n) is 7.52. The Kier molecular flexibility index (Phi) is 6.44. The van der Waals surface area contributed by atoms with Crippen LogP contribution in [-0.2, 0) is 10.0 Å². The van der Waals surface area contributed by atoms with Crippen LogP contribution < -0.4 is 14.5 Å². The molecule has 7 nitrogen and oxygen atoms in total. The van der Waals surface area contributed by atoms with E-state index in [0.717, 1.165) is 37.0 Å². The molecule has 33 heavy (non-hydrogen) atoms. The third-order valence-corrected chi connectivity index (χ3v) is 7.28. The fourth-order valence-corrected chi connectivity index (χ4v) is 5.36. The lowest BCUT2D eigenvalue weighted by atomic mass is 10.1. The van der Waals surface area contributed by atoms with Crippen molar-refractivity contribution in [1.82, 2.24) is 0 Å². The Hall–Kier alpha value is -3.30. The normalized spacial score (nSPS) is 14.2. The number of halogens is 2. The van der Waals surface area contributed by atoms with Crippen LogP contribution in [-0.4, -0.2) is 45.7 Å². The van der Waals surface area contributed by atoms with Gasteiger partial charge in [-0.3, -0.25) is 4.72 Å². The van der Waals surface area contributed by atoms with E-state index in [-0.39, 0.29) is 21.2 Å². The van der Waals surface area contributed by atoms with E-state index in [0.29, 0.717) is 18.8 Å². The molecule has 3 aromatic rings. The monoisotopic (exact) mass is 489 g/mol. The fourth-order valence-electron chi connectivity index (χ4n) is 3.75. The number of anilines is 3. The van der Waals surface area contributed by atoms with Crippen molar-refractivity contribution in [3.63, 3.8) is 0 Å². The molecular formula is C23H21ClFN3O4S. The maximum atomic E-state index is 13.3. The first-order chi connectivity index (χ1) is 15.7. The summed E-state index contributed by atoms with van der Waals surface area (Å²) in [6, 6.07) is 17.5. The van der Waals surface area contributed by atoms with Crippen LogP contribution in [0.25, 0.3) is 0 Å². The summed E-state index contributed by atoms with van der Waals surface area (Å²) >= 11 is 5.88. The van der Waals surface area contributed by atoms with Crippen LogP contribution in [0.15, 0.2) is 71.6 Å². The first kappa shape index (κ1) is 22.9. The summed E-state index contributed by atoms with van der Waals surface area (Å²) in [6.07, 6.45) is 0. The van der Waals surface area contributed by atoms with Gasteiger partial charge in [0.1, 0.15) is 10.7 Å². The Morgan fingerprint density at radius 2 is 1.55 bits per heavy atom. The Bertz CT molecular complexity index is 1280. The van der Waals surface area contributed by atoms with Crippen LogP contribution in [0.4, 0.5) is 21.5 Å². The lowest BCUT2D eigenvalue weighted by Crippen LogP contribution is -2.46. The van der Waals surface area contributed by atoms with Crippen LogP contribution in [0.1, 0.15) is 10.4 Å². The zero-order valence-electron chi connectivity index (χ0n) is 17.4. The van der Waals surface area contributed by atoms with Gasteiger partial charge in [-0.1, -0.05) is 29.8 Å². The number of benzene rings is 3. The molecule has 0 bridgehead atoms. The number of nitrogens with zero attached hydrogens (tertiary/aromatic N) is 2. The molecule has 4 rings (SSSR count). The molecule has 0 aliphatic carbocycles. The number of carbonyl (C=O) groups is 1. The Balaban J connectivity index is 1.54. The number of rotatable bonds is 6. The van der Waals surface area contributed by atoms with E-state index < -0.39 is 21.8 Å². The SMILES string of the molecule is O=C(O)c1cc(N2CCN(c3ccccc3)CC2)ccc1NS(=O)(=O)c1ccc(F)cc1Cl. The highest BCUT2D eigenvalue weighted by atomic mass is 35.5. The molecule has 0 amide bonds. The van der Waals surface area contributed by atoms with Crippen molar-refractivity contribution in [2.24, 2.45) is 0 Å². The summed E-state index contributed by atoms with van der Waals surface area (Å²) in [7, 11) is -4.22. The predicted molar refractivity (Wildman–Crippen MR) is 126 cm³/mol. The smallest absolute Gasteiger partial charge is 0.337 e. The van der Waals surface area contributed by atoms with E-state index in [4.69, 9.17) is 11.6 Å². The molecule has 1 aliphatic heterocycles. The minimum atomic E-state index is -4.22. The lowest BCUT2D eigenvalue weighted by Gasteiger charge is -2.37. The van der Waals surface area contributed by atoms with Gasteiger partial charge in [0.2, 0.25) is 0 Å². The van der Waals surface area contributed by atoms with Crippen molar-refractivity contribution in [3.05, 3.63) is 83.1 Å². The van der Waals surface area contributed by atoms with Crippen molar-refractivity contribution in [1.29, 1.82) is 0 Å². The standard InChI is InChI=1S/C23H21ClFN3O4S/c24-20-14-16(25)6-9-22(20)33(31,32)26-21-8-7-18(15-19(21)23(29)30)28-12-10-27(11-13-28)17-4-2-1-3-5-17/h1-9,14-15,26H,10-13H2,(H,29,30). The van der Waals surface area contributed by atoms with Gasteiger partial charge in [-0.2, -0.15) is 0 Å². The molecule has 1 heterocycles. The summed E-state index contributed by atoms with van der Waals surface area (Å²) in [5.74, 6) is -1.95. The Morgan fingerprint density at radius 1 is 0.909 bits per heavy atom. The summed E-state index contributed by atoms with van der Waals surface area (Å²) < 4.78 is 41.0. The van der Waals surface area contributed by atoms with E-state index in [2.05, 4.69) is 14.5 Å². The molecule has 1 saturated heterocycles. The maximum absolute atomic E-state index is 13.3. The first-order valence-corrected chi connectivity index (χ1v) is 12.0. The van der Waals surface area contributed by atoms with Crippen LogP contribution in [0, 0.1) is 5.82 Å². The molecule has 0 spiro atoms. The number of hydrogen-bond acceptors (Lipinski definition) is 5. The molecular weight excluding hydrogens is 469 g/mol. The number of hydrogen-bond donors (Lipinski definition) is 2. The summed E-state index contributed by atoms with van der Waals surface area (Å²) in [5.41, 5.74) is 1.52. The molecule has 172 valence electrons. The Labute approximate surface area is 196 Å². The van der Waals surface area contributed by atoms with Crippen LogP contribution >= 0.6 is 11.6 Å². The number of piperazine rings is 1. The molecule has 0 unspecified atom stereocenters. The second kappa shape index (κ2) is 9.29. The van der Waals surface area contributed by atoms with E-state index in [1.165, 1.54) is 12.1 Å². The van der Waals surface area contributed by atoms with Gasteiger partial charge in [0.25, 0.3) is 10.0 Å². The van der Waals surface area contributed by atoms with Crippen LogP contribution in [0.5, 0.6) is 0 Å². The van der Waals surface area contributed by atoms with E-state index in [1.54, 1.807) is 6.07 Å². The molecule has 1 fully saturated rings. The second-order valence-corrected chi connectivity index (χ2v) is 9.58. The molecule has 0 radical (unpaired) electrons. The van der Waals surface area contributed by atoms with Crippen LogP contribution in [0.2, 0.25) is 5.02 Å². The number of aromatic carboxylic acids is 1. The maximum Gasteiger partial charge on any atom is 0.337 e. The lowest BCUT2D eigenvalue weighted by molar-refractivity contribution is 0.0698. The number of carboxylic acids is 1.